The number of rotatable bonds is 3. The predicted octanol–water partition coefficient (Wildman–Crippen LogP) is 5.94. The van der Waals surface area contributed by atoms with Crippen molar-refractivity contribution in [2.45, 2.75) is 12.5 Å². The lowest BCUT2D eigenvalue weighted by Gasteiger charge is -2.24. The highest BCUT2D eigenvalue weighted by atomic mass is 35.5. The van der Waals surface area contributed by atoms with Crippen LogP contribution in [0.3, 0.4) is 0 Å². The summed E-state index contributed by atoms with van der Waals surface area (Å²) in [5, 5.41) is 8.05. The first-order valence-corrected chi connectivity index (χ1v) is 8.38. The number of hydrogen-bond donors (Lipinski definition) is 0. The van der Waals surface area contributed by atoms with Crippen molar-refractivity contribution < 1.29 is 4.42 Å². The Morgan fingerprint density at radius 1 is 1.00 bits per heavy atom. The van der Waals surface area contributed by atoms with Crippen molar-refractivity contribution in [3.8, 4) is 0 Å². The number of nitrogens with zero attached hydrogens (tertiary/aromatic N) is 2. The van der Waals surface area contributed by atoms with E-state index in [-0.39, 0.29) is 6.04 Å². The van der Waals surface area contributed by atoms with Crippen LogP contribution in [0.2, 0.25) is 10.0 Å². The Labute approximate surface area is 150 Å². The number of benzene rings is 2. The van der Waals surface area contributed by atoms with Gasteiger partial charge in [-0.2, -0.15) is 5.10 Å². The molecule has 0 spiro atoms. The summed E-state index contributed by atoms with van der Waals surface area (Å²) in [5.41, 5.74) is 2.91. The van der Waals surface area contributed by atoms with E-state index in [1.165, 1.54) is 0 Å². The molecule has 1 aliphatic rings. The third-order valence-corrected chi connectivity index (χ3v) is 4.62. The summed E-state index contributed by atoms with van der Waals surface area (Å²) in [5.74, 6) is 0.781. The minimum Gasteiger partial charge on any atom is -0.463 e. The molecule has 3 aromatic rings. The number of halogens is 2. The molecular weight excluding hydrogens is 343 g/mol. The van der Waals surface area contributed by atoms with E-state index < -0.39 is 0 Å². The van der Waals surface area contributed by atoms with Crippen LogP contribution in [0.15, 0.2) is 76.4 Å². The van der Waals surface area contributed by atoms with Crippen LogP contribution >= 0.6 is 23.2 Å². The lowest BCUT2D eigenvalue weighted by Crippen LogP contribution is -2.18. The van der Waals surface area contributed by atoms with Crippen LogP contribution in [-0.2, 0) is 0 Å². The zero-order valence-electron chi connectivity index (χ0n) is 12.7. The zero-order valence-corrected chi connectivity index (χ0v) is 14.2. The van der Waals surface area contributed by atoms with E-state index in [0.717, 1.165) is 22.7 Å². The van der Waals surface area contributed by atoms with Gasteiger partial charge in [-0.05, 0) is 42.0 Å². The Hall–Kier alpha value is -2.23. The van der Waals surface area contributed by atoms with E-state index in [4.69, 9.17) is 32.7 Å². The van der Waals surface area contributed by atoms with Gasteiger partial charge in [-0.15, -0.1) is 0 Å². The highest BCUT2D eigenvalue weighted by Crippen LogP contribution is 2.39. The Kier molecular flexibility index (Phi) is 4.05. The van der Waals surface area contributed by atoms with Gasteiger partial charge < -0.3 is 4.42 Å². The number of anilines is 1. The fourth-order valence-electron chi connectivity index (χ4n) is 2.93. The maximum atomic E-state index is 6.45. The average molecular weight is 357 g/mol. The highest BCUT2D eigenvalue weighted by molar-refractivity contribution is 6.35. The van der Waals surface area contributed by atoms with Crippen LogP contribution in [0.1, 0.15) is 23.8 Å². The van der Waals surface area contributed by atoms with Crippen molar-refractivity contribution >= 4 is 34.6 Å². The molecule has 1 aliphatic heterocycles. The summed E-state index contributed by atoms with van der Waals surface area (Å²) >= 11 is 12.5. The molecule has 0 saturated heterocycles. The maximum Gasteiger partial charge on any atom is 0.149 e. The minimum absolute atomic E-state index is 0.00253. The summed E-state index contributed by atoms with van der Waals surface area (Å²) in [6, 6.07) is 19.4. The first-order valence-electron chi connectivity index (χ1n) is 7.63. The molecule has 0 aliphatic carbocycles. The van der Waals surface area contributed by atoms with E-state index in [1.54, 1.807) is 12.3 Å². The summed E-state index contributed by atoms with van der Waals surface area (Å²) in [6.07, 6.45) is 2.37. The molecule has 0 amide bonds. The molecule has 1 unspecified atom stereocenters. The summed E-state index contributed by atoms with van der Waals surface area (Å²) < 4.78 is 5.52. The summed E-state index contributed by atoms with van der Waals surface area (Å²) in [6.45, 7) is 0. The third kappa shape index (κ3) is 2.81. The molecule has 0 radical (unpaired) electrons. The quantitative estimate of drug-likeness (QED) is 0.580. The molecule has 3 nitrogen and oxygen atoms in total. The molecule has 2 heterocycles. The van der Waals surface area contributed by atoms with Crippen LogP contribution in [0.5, 0.6) is 0 Å². The van der Waals surface area contributed by atoms with Gasteiger partial charge in [0.2, 0.25) is 0 Å². The van der Waals surface area contributed by atoms with Crippen molar-refractivity contribution in [1.29, 1.82) is 0 Å². The fraction of sp³-hybridized carbons (Fsp3) is 0.105. The molecule has 1 aromatic heterocycles. The lowest BCUT2D eigenvalue weighted by atomic mass is 10.0. The van der Waals surface area contributed by atoms with E-state index in [1.807, 2.05) is 59.6 Å². The average Bonchev–Trinajstić information content (AvgIpc) is 3.25. The van der Waals surface area contributed by atoms with Gasteiger partial charge in [0.25, 0.3) is 0 Å². The minimum atomic E-state index is -0.00253. The predicted molar refractivity (Wildman–Crippen MR) is 98.0 cm³/mol. The Morgan fingerprint density at radius 2 is 1.83 bits per heavy atom. The second-order valence-electron chi connectivity index (χ2n) is 5.59. The first-order chi connectivity index (χ1) is 11.7. The molecule has 4 rings (SSSR count). The van der Waals surface area contributed by atoms with Gasteiger partial charge in [0.05, 0.1) is 18.0 Å². The standard InChI is InChI=1S/C19H14Cl2N2O/c20-13-8-9-15(16(21)11-13)18-12-17(19-7-4-10-24-19)22-23(18)14-5-2-1-3-6-14/h1-11,18H,12H2. The molecule has 24 heavy (non-hydrogen) atoms. The topological polar surface area (TPSA) is 28.7 Å². The van der Waals surface area contributed by atoms with Crippen LogP contribution in [0.25, 0.3) is 0 Å². The zero-order chi connectivity index (χ0) is 16.5. The van der Waals surface area contributed by atoms with Gasteiger partial charge in [-0.1, -0.05) is 47.5 Å². The molecule has 1 atom stereocenters. The van der Waals surface area contributed by atoms with Crippen LogP contribution < -0.4 is 5.01 Å². The first kappa shape index (κ1) is 15.3. The van der Waals surface area contributed by atoms with Crippen molar-refractivity contribution in [2.75, 3.05) is 5.01 Å². The second kappa shape index (κ2) is 6.34. The number of hydrogen-bond acceptors (Lipinski definition) is 3. The molecular formula is C19H14Cl2N2O. The number of furan rings is 1. The molecule has 0 saturated carbocycles. The van der Waals surface area contributed by atoms with Gasteiger partial charge in [-0.3, -0.25) is 5.01 Å². The number of hydrazone groups is 1. The second-order valence-corrected chi connectivity index (χ2v) is 6.43. The van der Waals surface area contributed by atoms with Crippen LogP contribution in [0, 0.1) is 0 Å². The lowest BCUT2D eigenvalue weighted by molar-refractivity contribution is 0.556. The SMILES string of the molecule is Clc1ccc(C2CC(c3ccco3)=NN2c2ccccc2)c(Cl)c1. The van der Waals surface area contributed by atoms with Crippen molar-refractivity contribution in [1.82, 2.24) is 0 Å². The van der Waals surface area contributed by atoms with E-state index in [0.29, 0.717) is 16.5 Å². The van der Waals surface area contributed by atoms with Gasteiger partial charge >= 0.3 is 0 Å². The largest absolute Gasteiger partial charge is 0.463 e. The maximum absolute atomic E-state index is 6.45. The summed E-state index contributed by atoms with van der Waals surface area (Å²) in [4.78, 5) is 0. The summed E-state index contributed by atoms with van der Waals surface area (Å²) in [7, 11) is 0. The molecule has 120 valence electrons. The van der Waals surface area contributed by atoms with Crippen molar-refractivity contribution in [3.63, 3.8) is 0 Å². The molecule has 0 fully saturated rings. The Morgan fingerprint density at radius 3 is 2.54 bits per heavy atom. The fourth-order valence-corrected chi connectivity index (χ4v) is 3.47. The smallest absolute Gasteiger partial charge is 0.149 e. The monoisotopic (exact) mass is 356 g/mol. The van der Waals surface area contributed by atoms with Gasteiger partial charge in [0.1, 0.15) is 11.5 Å². The molecule has 5 heteroatoms. The third-order valence-electron chi connectivity index (χ3n) is 4.06. The molecule has 2 aromatic carbocycles. The van der Waals surface area contributed by atoms with Crippen molar-refractivity contribution in [2.24, 2.45) is 5.10 Å². The highest BCUT2D eigenvalue weighted by Gasteiger charge is 2.32. The van der Waals surface area contributed by atoms with E-state index in [9.17, 15) is 0 Å². The Balaban J connectivity index is 1.78. The van der Waals surface area contributed by atoms with E-state index >= 15 is 0 Å². The van der Waals surface area contributed by atoms with Gasteiger partial charge in [0.15, 0.2) is 0 Å². The van der Waals surface area contributed by atoms with E-state index in [2.05, 4.69) is 0 Å². The van der Waals surface area contributed by atoms with Crippen molar-refractivity contribution in [3.05, 3.63) is 88.3 Å². The molecule has 0 N–H and O–H groups in total. The normalized spacial score (nSPS) is 17.2. The van der Waals surface area contributed by atoms with Gasteiger partial charge in [0, 0.05) is 16.5 Å². The van der Waals surface area contributed by atoms with Crippen LogP contribution in [-0.4, -0.2) is 5.71 Å². The Bertz CT molecular complexity index is 876. The molecule has 0 bridgehead atoms. The van der Waals surface area contributed by atoms with Gasteiger partial charge in [-0.25, -0.2) is 0 Å². The van der Waals surface area contributed by atoms with Crippen LogP contribution in [0.4, 0.5) is 5.69 Å². The number of para-hydroxylation sites is 1.